The molecule has 0 N–H and O–H groups in total. The second-order valence-corrected chi connectivity index (χ2v) is 9.95. The Hall–Kier alpha value is -3.63. The van der Waals surface area contributed by atoms with Crippen molar-refractivity contribution >= 4 is 22.4 Å². The van der Waals surface area contributed by atoms with E-state index in [4.69, 9.17) is 0 Å². The van der Waals surface area contributed by atoms with Crippen LogP contribution in [0.1, 0.15) is 17.5 Å². The smallest absolute Gasteiger partial charge is 0.237 e. The Labute approximate surface area is 214 Å². The molecule has 0 radical (unpaired) electrons. The Bertz CT molecular complexity index is 1260. The molecule has 0 spiro atoms. The van der Waals surface area contributed by atoms with Gasteiger partial charge in [0.1, 0.15) is 5.41 Å². The lowest BCUT2D eigenvalue weighted by Crippen LogP contribution is -2.50. The van der Waals surface area contributed by atoms with Crippen LogP contribution in [0.4, 0.5) is 5.69 Å². The second kappa shape index (κ2) is 10.5. The number of fused-ring (bicyclic) bond motifs is 1. The van der Waals surface area contributed by atoms with Gasteiger partial charge in [-0.25, -0.2) is 0 Å². The molecule has 36 heavy (non-hydrogen) atoms. The molecule has 1 amide bonds. The predicted molar refractivity (Wildman–Crippen MR) is 150 cm³/mol. The highest BCUT2D eigenvalue weighted by Crippen LogP contribution is 2.38. The maximum atomic E-state index is 13.9. The van der Waals surface area contributed by atoms with E-state index >= 15 is 0 Å². The molecule has 0 aliphatic carbocycles. The van der Waals surface area contributed by atoms with Crippen molar-refractivity contribution in [3.05, 3.63) is 114 Å². The molecule has 0 saturated carbocycles. The number of likely N-dealkylation sites (N-methyl/N-ethyl adjacent to an activating group) is 1. The lowest BCUT2D eigenvalue weighted by Gasteiger charge is -2.40. The van der Waals surface area contributed by atoms with Crippen molar-refractivity contribution in [1.29, 1.82) is 0 Å². The number of nitrogens with zero attached hydrogens (tertiary/aromatic N) is 3. The highest BCUT2D eigenvalue weighted by Gasteiger charge is 2.43. The fourth-order valence-electron chi connectivity index (χ4n) is 5.57. The van der Waals surface area contributed by atoms with E-state index < -0.39 is 5.41 Å². The normalized spacial score (nSPS) is 14.7. The van der Waals surface area contributed by atoms with Gasteiger partial charge in [0.05, 0.1) is 0 Å². The van der Waals surface area contributed by atoms with Gasteiger partial charge in [-0.3, -0.25) is 9.69 Å². The number of hydrogen-bond donors (Lipinski definition) is 0. The maximum Gasteiger partial charge on any atom is 0.237 e. The molecular formula is C32H35N3O. The van der Waals surface area contributed by atoms with E-state index in [1.807, 2.05) is 50.5 Å². The van der Waals surface area contributed by atoms with Crippen LogP contribution in [0.25, 0.3) is 10.8 Å². The zero-order valence-electron chi connectivity index (χ0n) is 21.3. The number of benzene rings is 4. The van der Waals surface area contributed by atoms with Gasteiger partial charge < -0.3 is 9.80 Å². The highest BCUT2D eigenvalue weighted by atomic mass is 16.2. The van der Waals surface area contributed by atoms with Crippen LogP contribution in [0, 0.1) is 0 Å². The van der Waals surface area contributed by atoms with Crippen molar-refractivity contribution in [2.24, 2.45) is 0 Å². The van der Waals surface area contributed by atoms with Crippen molar-refractivity contribution in [2.75, 3.05) is 51.7 Å². The molecule has 184 valence electrons. The average Bonchev–Trinajstić information content (AvgIpc) is 2.94. The van der Waals surface area contributed by atoms with Crippen LogP contribution >= 0.6 is 0 Å². The van der Waals surface area contributed by atoms with Gasteiger partial charge in [-0.15, -0.1) is 0 Å². The molecule has 1 aliphatic rings. The van der Waals surface area contributed by atoms with Crippen molar-refractivity contribution in [1.82, 2.24) is 9.80 Å². The van der Waals surface area contributed by atoms with Gasteiger partial charge in [0.25, 0.3) is 0 Å². The van der Waals surface area contributed by atoms with Crippen LogP contribution in [-0.4, -0.2) is 62.5 Å². The second-order valence-electron chi connectivity index (χ2n) is 9.95. The zero-order chi connectivity index (χ0) is 25.0. The zero-order valence-corrected chi connectivity index (χ0v) is 21.3. The van der Waals surface area contributed by atoms with E-state index in [0.717, 1.165) is 50.3 Å². The summed E-state index contributed by atoms with van der Waals surface area (Å²) in [5.74, 6) is 0.134. The van der Waals surface area contributed by atoms with E-state index in [0.29, 0.717) is 0 Å². The number of carbonyl (C=O) groups is 1. The van der Waals surface area contributed by atoms with E-state index in [-0.39, 0.29) is 5.91 Å². The Kier molecular flexibility index (Phi) is 7.06. The molecule has 0 unspecified atom stereocenters. The minimum Gasteiger partial charge on any atom is -0.369 e. The van der Waals surface area contributed by atoms with E-state index in [2.05, 4.69) is 76.5 Å². The van der Waals surface area contributed by atoms with Gasteiger partial charge >= 0.3 is 0 Å². The summed E-state index contributed by atoms with van der Waals surface area (Å²) in [6.45, 7) is 4.83. The SMILES string of the molecule is CN(C)C(=O)C(CCN1CCN(c2ccc3ccccc3c2)CC1)(c1ccccc1)c1ccccc1. The van der Waals surface area contributed by atoms with Crippen LogP contribution in [0.5, 0.6) is 0 Å². The first-order valence-corrected chi connectivity index (χ1v) is 12.9. The van der Waals surface area contributed by atoms with E-state index in [1.165, 1.54) is 16.5 Å². The summed E-state index contributed by atoms with van der Waals surface area (Å²) >= 11 is 0. The van der Waals surface area contributed by atoms with Crippen molar-refractivity contribution < 1.29 is 4.79 Å². The molecule has 0 aromatic heterocycles. The first-order chi connectivity index (χ1) is 17.6. The van der Waals surface area contributed by atoms with Crippen LogP contribution in [0.15, 0.2) is 103 Å². The third-order valence-corrected chi connectivity index (χ3v) is 7.58. The Morgan fingerprint density at radius 2 is 1.28 bits per heavy atom. The minimum absolute atomic E-state index is 0.134. The monoisotopic (exact) mass is 477 g/mol. The number of anilines is 1. The van der Waals surface area contributed by atoms with Gasteiger partial charge in [0.15, 0.2) is 0 Å². The third-order valence-electron chi connectivity index (χ3n) is 7.58. The minimum atomic E-state index is -0.707. The standard InChI is InChI=1S/C32H35N3O/c1-33(2)31(36)32(28-13-5-3-6-14-28,29-15-7-4-8-16-29)19-20-34-21-23-35(24-22-34)30-18-17-26-11-9-10-12-27(26)25-30/h3-18,25H,19-24H2,1-2H3. The third kappa shape index (κ3) is 4.74. The van der Waals surface area contributed by atoms with E-state index in [9.17, 15) is 4.79 Å². The predicted octanol–water partition coefficient (Wildman–Crippen LogP) is 5.43. The molecule has 1 aliphatic heterocycles. The Morgan fingerprint density at radius 1 is 0.722 bits per heavy atom. The van der Waals surface area contributed by atoms with Crippen molar-refractivity contribution in [3.8, 4) is 0 Å². The number of carbonyl (C=O) groups excluding carboxylic acids is 1. The molecule has 0 bridgehead atoms. The molecule has 4 aromatic rings. The summed E-state index contributed by atoms with van der Waals surface area (Å²) < 4.78 is 0. The van der Waals surface area contributed by atoms with Gasteiger partial charge in [-0.2, -0.15) is 0 Å². The summed E-state index contributed by atoms with van der Waals surface area (Å²) in [4.78, 5) is 20.6. The highest BCUT2D eigenvalue weighted by molar-refractivity contribution is 5.92. The van der Waals surface area contributed by atoms with Gasteiger partial charge in [0, 0.05) is 46.0 Å². The fraction of sp³-hybridized carbons (Fsp3) is 0.281. The molecule has 1 fully saturated rings. The molecule has 5 rings (SSSR count). The first-order valence-electron chi connectivity index (χ1n) is 12.9. The van der Waals surface area contributed by atoms with Crippen LogP contribution in [-0.2, 0) is 10.2 Å². The van der Waals surface area contributed by atoms with Crippen LogP contribution in [0.2, 0.25) is 0 Å². The van der Waals surface area contributed by atoms with Crippen molar-refractivity contribution in [3.63, 3.8) is 0 Å². The van der Waals surface area contributed by atoms with Crippen LogP contribution in [0.3, 0.4) is 0 Å². The molecular weight excluding hydrogens is 442 g/mol. The summed E-state index contributed by atoms with van der Waals surface area (Å²) in [5.41, 5.74) is 2.70. The Morgan fingerprint density at radius 3 is 1.86 bits per heavy atom. The molecule has 0 atom stereocenters. The summed E-state index contributed by atoms with van der Waals surface area (Å²) in [7, 11) is 3.73. The van der Waals surface area contributed by atoms with Gasteiger partial charge in [-0.1, -0.05) is 91.0 Å². The Balaban J connectivity index is 1.35. The molecule has 4 heteroatoms. The number of rotatable bonds is 7. The lowest BCUT2D eigenvalue weighted by molar-refractivity contribution is -0.133. The summed E-state index contributed by atoms with van der Waals surface area (Å²) in [6.07, 6.45) is 0.744. The van der Waals surface area contributed by atoms with Crippen molar-refractivity contribution in [2.45, 2.75) is 11.8 Å². The lowest BCUT2D eigenvalue weighted by atomic mass is 9.70. The van der Waals surface area contributed by atoms with Gasteiger partial charge in [-0.05, 0) is 47.0 Å². The maximum absolute atomic E-state index is 13.9. The number of piperazine rings is 1. The number of hydrogen-bond acceptors (Lipinski definition) is 3. The topological polar surface area (TPSA) is 26.8 Å². The molecule has 1 heterocycles. The average molecular weight is 478 g/mol. The molecule has 4 aromatic carbocycles. The molecule has 4 nitrogen and oxygen atoms in total. The van der Waals surface area contributed by atoms with Gasteiger partial charge in [0.2, 0.25) is 5.91 Å². The van der Waals surface area contributed by atoms with Crippen LogP contribution < -0.4 is 4.90 Å². The largest absolute Gasteiger partial charge is 0.369 e. The fourth-order valence-corrected chi connectivity index (χ4v) is 5.57. The summed E-state index contributed by atoms with van der Waals surface area (Å²) in [5, 5.41) is 2.57. The first kappa shape index (κ1) is 24.1. The number of amides is 1. The van der Waals surface area contributed by atoms with E-state index in [1.54, 1.807) is 4.90 Å². The quantitative estimate of drug-likeness (QED) is 0.355. The summed E-state index contributed by atoms with van der Waals surface area (Å²) in [6, 6.07) is 35.9. The molecule has 1 saturated heterocycles.